The van der Waals surface area contributed by atoms with Gasteiger partial charge in [-0.1, -0.05) is 36.7 Å². The quantitative estimate of drug-likeness (QED) is 0.801. The molecule has 5 nitrogen and oxygen atoms in total. The minimum Gasteiger partial charge on any atom is -0.395 e. The van der Waals surface area contributed by atoms with Crippen molar-refractivity contribution in [3.63, 3.8) is 0 Å². The van der Waals surface area contributed by atoms with Crippen molar-refractivity contribution in [3.05, 3.63) is 36.2 Å². The van der Waals surface area contributed by atoms with Gasteiger partial charge >= 0.3 is 0 Å². The molecular weight excluding hydrogens is 254 g/mol. The van der Waals surface area contributed by atoms with Crippen LogP contribution in [0.25, 0.3) is 11.5 Å². The molecule has 0 fully saturated rings. The maximum atomic E-state index is 9.09. The van der Waals surface area contributed by atoms with Crippen LogP contribution in [0, 0.1) is 0 Å². The van der Waals surface area contributed by atoms with Crippen LogP contribution in [-0.2, 0) is 6.54 Å². The minimum atomic E-state index is 0.146. The predicted molar refractivity (Wildman–Crippen MR) is 77.0 cm³/mol. The Morgan fingerprint density at radius 2 is 2.00 bits per heavy atom. The summed E-state index contributed by atoms with van der Waals surface area (Å²) in [7, 11) is 0. The standard InChI is InChI=1S/C15H21N3O2/c1-2-3-9-18(10-11-19)12-14-16-15(20-17-14)13-7-5-4-6-8-13/h4-8,19H,2-3,9-12H2,1H3. The highest BCUT2D eigenvalue weighted by Gasteiger charge is 2.12. The monoisotopic (exact) mass is 275 g/mol. The number of rotatable bonds is 8. The molecule has 20 heavy (non-hydrogen) atoms. The van der Waals surface area contributed by atoms with Gasteiger partial charge in [0.1, 0.15) is 0 Å². The van der Waals surface area contributed by atoms with E-state index in [1.54, 1.807) is 0 Å². The Labute approximate surface area is 119 Å². The Kier molecular flexibility index (Phi) is 5.70. The highest BCUT2D eigenvalue weighted by atomic mass is 16.5. The second-order valence-electron chi connectivity index (χ2n) is 4.74. The van der Waals surface area contributed by atoms with Gasteiger partial charge in [0.25, 0.3) is 5.89 Å². The molecule has 0 atom stereocenters. The van der Waals surface area contributed by atoms with Crippen LogP contribution < -0.4 is 0 Å². The van der Waals surface area contributed by atoms with Gasteiger partial charge in [-0.05, 0) is 25.1 Å². The van der Waals surface area contributed by atoms with E-state index in [1.807, 2.05) is 30.3 Å². The van der Waals surface area contributed by atoms with Crippen LogP contribution in [0.1, 0.15) is 25.6 Å². The van der Waals surface area contributed by atoms with Crippen molar-refractivity contribution < 1.29 is 9.63 Å². The molecule has 0 amide bonds. The SMILES string of the molecule is CCCCN(CCO)Cc1noc(-c2ccccc2)n1. The molecule has 2 aromatic rings. The Morgan fingerprint density at radius 1 is 1.20 bits per heavy atom. The summed E-state index contributed by atoms with van der Waals surface area (Å²) in [5.41, 5.74) is 0.925. The van der Waals surface area contributed by atoms with E-state index in [1.165, 1.54) is 0 Å². The number of unbranched alkanes of at least 4 members (excludes halogenated alkanes) is 1. The van der Waals surface area contributed by atoms with Crippen LogP contribution in [-0.4, -0.2) is 39.8 Å². The zero-order chi connectivity index (χ0) is 14.2. The molecule has 0 saturated heterocycles. The zero-order valence-electron chi connectivity index (χ0n) is 11.8. The minimum absolute atomic E-state index is 0.146. The fourth-order valence-corrected chi connectivity index (χ4v) is 2.01. The summed E-state index contributed by atoms with van der Waals surface area (Å²) in [5.74, 6) is 1.20. The van der Waals surface area contributed by atoms with Gasteiger partial charge in [0.15, 0.2) is 5.82 Å². The lowest BCUT2D eigenvalue weighted by Gasteiger charge is -2.18. The summed E-state index contributed by atoms with van der Waals surface area (Å²) in [6.45, 7) is 4.48. The lowest BCUT2D eigenvalue weighted by atomic mass is 10.2. The summed E-state index contributed by atoms with van der Waals surface area (Å²) in [6.07, 6.45) is 2.23. The highest BCUT2D eigenvalue weighted by Crippen LogP contribution is 2.16. The Balaban J connectivity index is 2.00. The molecule has 0 aliphatic heterocycles. The zero-order valence-corrected chi connectivity index (χ0v) is 11.8. The first kappa shape index (κ1) is 14.7. The first-order valence-corrected chi connectivity index (χ1v) is 7.04. The van der Waals surface area contributed by atoms with Gasteiger partial charge < -0.3 is 9.63 Å². The van der Waals surface area contributed by atoms with Crippen LogP contribution in [0.5, 0.6) is 0 Å². The number of hydrogen-bond acceptors (Lipinski definition) is 5. The molecule has 0 unspecified atom stereocenters. The third-order valence-corrected chi connectivity index (χ3v) is 3.10. The molecule has 108 valence electrons. The highest BCUT2D eigenvalue weighted by molar-refractivity contribution is 5.51. The Morgan fingerprint density at radius 3 is 2.70 bits per heavy atom. The molecule has 0 radical (unpaired) electrons. The van der Waals surface area contributed by atoms with E-state index in [0.717, 1.165) is 24.9 Å². The van der Waals surface area contributed by atoms with Crippen molar-refractivity contribution in [2.75, 3.05) is 19.7 Å². The third kappa shape index (κ3) is 4.15. The number of aromatic nitrogens is 2. The van der Waals surface area contributed by atoms with Gasteiger partial charge in [-0.3, -0.25) is 4.90 Å². The van der Waals surface area contributed by atoms with E-state index in [9.17, 15) is 0 Å². The summed E-state index contributed by atoms with van der Waals surface area (Å²) in [4.78, 5) is 6.55. The summed E-state index contributed by atoms with van der Waals surface area (Å²) >= 11 is 0. The molecule has 0 aliphatic rings. The van der Waals surface area contributed by atoms with Crippen molar-refractivity contribution >= 4 is 0 Å². The first-order chi connectivity index (χ1) is 9.83. The maximum Gasteiger partial charge on any atom is 0.257 e. The molecule has 2 rings (SSSR count). The summed E-state index contributed by atoms with van der Waals surface area (Å²) in [5, 5.41) is 13.1. The van der Waals surface area contributed by atoms with E-state index in [-0.39, 0.29) is 6.61 Å². The van der Waals surface area contributed by atoms with Crippen molar-refractivity contribution in [3.8, 4) is 11.5 Å². The lowest BCUT2D eigenvalue weighted by Crippen LogP contribution is -2.28. The molecule has 1 N–H and O–H groups in total. The fraction of sp³-hybridized carbons (Fsp3) is 0.467. The van der Waals surface area contributed by atoms with Crippen molar-refractivity contribution in [2.24, 2.45) is 0 Å². The molecule has 0 saturated carbocycles. The van der Waals surface area contributed by atoms with E-state index >= 15 is 0 Å². The number of aliphatic hydroxyl groups is 1. The van der Waals surface area contributed by atoms with Gasteiger partial charge in [-0.25, -0.2) is 0 Å². The Hall–Kier alpha value is -1.72. The molecule has 0 bridgehead atoms. The maximum absolute atomic E-state index is 9.09. The molecule has 1 aromatic heterocycles. The number of nitrogens with zero attached hydrogens (tertiary/aromatic N) is 3. The van der Waals surface area contributed by atoms with Crippen LogP contribution in [0.2, 0.25) is 0 Å². The molecule has 1 heterocycles. The molecular formula is C15H21N3O2. The topological polar surface area (TPSA) is 62.4 Å². The second-order valence-corrected chi connectivity index (χ2v) is 4.74. The van der Waals surface area contributed by atoms with E-state index in [0.29, 0.717) is 24.8 Å². The van der Waals surface area contributed by atoms with Gasteiger partial charge in [0.2, 0.25) is 0 Å². The van der Waals surface area contributed by atoms with Gasteiger partial charge in [-0.2, -0.15) is 4.98 Å². The second kappa shape index (κ2) is 7.77. The largest absolute Gasteiger partial charge is 0.395 e. The van der Waals surface area contributed by atoms with Crippen LogP contribution >= 0.6 is 0 Å². The fourth-order valence-electron chi connectivity index (χ4n) is 2.01. The van der Waals surface area contributed by atoms with Crippen LogP contribution in [0.3, 0.4) is 0 Å². The first-order valence-electron chi connectivity index (χ1n) is 7.04. The van der Waals surface area contributed by atoms with Crippen LogP contribution in [0.4, 0.5) is 0 Å². The predicted octanol–water partition coefficient (Wildman–Crippen LogP) is 2.33. The number of aliphatic hydroxyl groups excluding tert-OH is 1. The normalized spacial score (nSPS) is 11.2. The Bertz CT molecular complexity index is 499. The molecule has 5 heteroatoms. The van der Waals surface area contributed by atoms with E-state index in [2.05, 4.69) is 22.0 Å². The molecule has 1 aromatic carbocycles. The lowest BCUT2D eigenvalue weighted by molar-refractivity contribution is 0.184. The van der Waals surface area contributed by atoms with Gasteiger partial charge in [0, 0.05) is 12.1 Å². The van der Waals surface area contributed by atoms with Crippen molar-refractivity contribution in [1.82, 2.24) is 15.0 Å². The van der Waals surface area contributed by atoms with E-state index in [4.69, 9.17) is 9.63 Å². The third-order valence-electron chi connectivity index (χ3n) is 3.10. The smallest absolute Gasteiger partial charge is 0.257 e. The van der Waals surface area contributed by atoms with Gasteiger partial charge in [-0.15, -0.1) is 0 Å². The molecule has 0 spiro atoms. The molecule has 0 aliphatic carbocycles. The van der Waals surface area contributed by atoms with Crippen molar-refractivity contribution in [2.45, 2.75) is 26.3 Å². The van der Waals surface area contributed by atoms with Gasteiger partial charge in [0.05, 0.1) is 13.2 Å². The van der Waals surface area contributed by atoms with E-state index < -0.39 is 0 Å². The number of benzene rings is 1. The van der Waals surface area contributed by atoms with Crippen LogP contribution in [0.15, 0.2) is 34.9 Å². The average Bonchev–Trinajstić information content (AvgIpc) is 2.94. The average molecular weight is 275 g/mol. The van der Waals surface area contributed by atoms with Crippen molar-refractivity contribution in [1.29, 1.82) is 0 Å². The summed E-state index contributed by atoms with van der Waals surface area (Å²) in [6, 6.07) is 9.73. The number of hydrogen-bond donors (Lipinski definition) is 1. The summed E-state index contributed by atoms with van der Waals surface area (Å²) < 4.78 is 5.28.